The van der Waals surface area contributed by atoms with E-state index in [1.165, 1.54) is 11.1 Å². The van der Waals surface area contributed by atoms with Crippen molar-refractivity contribution in [1.82, 2.24) is 21.3 Å². The largest absolute Gasteiger partial charge is 0.465 e. The van der Waals surface area contributed by atoms with Crippen LogP contribution in [-0.2, 0) is 22.6 Å². The van der Waals surface area contributed by atoms with Gasteiger partial charge in [0.25, 0.3) is 0 Å². The molecule has 2 atom stereocenters. The zero-order valence-electron chi connectivity index (χ0n) is 21.9. The normalized spacial score (nSPS) is 15.2. The number of nitrogens with one attached hydrogen (secondary N) is 4. The minimum atomic E-state index is -1.24. The van der Waals surface area contributed by atoms with Crippen LogP contribution in [0.25, 0.3) is 0 Å². The highest BCUT2D eigenvalue weighted by atomic mass is 16.4. The average molecular weight is 529 g/mol. The van der Waals surface area contributed by atoms with Crippen molar-refractivity contribution >= 4 is 17.9 Å². The smallest absolute Gasteiger partial charge is 0.405 e. The van der Waals surface area contributed by atoms with Crippen LogP contribution in [0.5, 0.6) is 0 Å². The molecule has 3 aromatic rings. The highest BCUT2D eigenvalue weighted by Crippen LogP contribution is 2.24. The van der Waals surface area contributed by atoms with Crippen LogP contribution in [0.2, 0.25) is 0 Å². The summed E-state index contributed by atoms with van der Waals surface area (Å²) in [4.78, 5) is 37.0. The van der Waals surface area contributed by atoms with Gasteiger partial charge in [-0.2, -0.15) is 0 Å². The third-order valence-corrected chi connectivity index (χ3v) is 7.12. The molecule has 0 bridgehead atoms. The summed E-state index contributed by atoms with van der Waals surface area (Å²) in [6.07, 6.45) is 0.969. The van der Waals surface area contributed by atoms with E-state index in [0.29, 0.717) is 45.3 Å². The second kappa shape index (κ2) is 14.1. The molecule has 0 radical (unpaired) electrons. The van der Waals surface area contributed by atoms with Crippen molar-refractivity contribution in [3.05, 3.63) is 107 Å². The Balaban J connectivity index is 1.25. The Morgan fingerprint density at radius 2 is 1.44 bits per heavy atom. The molecule has 4 rings (SSSR count). The molecule has 0 saturated carbocycles. The summed E-state index contributed by atoms with van der Waals surface area (Å²) in [5, 5.41) is 20.8. The fourth-order valence-corrected chi connectivity index (χ4v) is 4.99. The Kier molecular flexibility index (Phi) is 10.1. The van der Waals surface area contributed by atoms with Gasteiger partial charge in [-0.3, -0.25) is 9.59 Å². The second-order valence-corrected chi connectivity index (χ2v) is 9.81. The Hall–Kier alpha value is -4.17. The summed E-state index contributed by atoms with van der Waals surface area (Å²) < 4.78 is 0. The standard InChI is InChI=1S/C31H36N4O4/c36-29(34-21-26(22-11-3-1-4-12-22)23-13-5-2-6-14-23)27(35-31(38)39)17-9-10-18-32-30(37)28-19-24-15-7-8-16-25(24)20-33-28/h1-8,11-16,26-28,33,35H,9-10,17-21H2,(H,32,37)(H,34,36)(H,38,39). The van der Waals surface area contributed by atoms with Crippen LogP contribution < -0.4 is 21.3 Å². The molecule has 0 aliphatic carbocycles. The topological polar surface area (TPSA) is 120 Å². The molecule has 2 unspecified atom stereocenters. The van der Waals surface area contributed by atoms with Crippen LogP contribution in [0.1, 0.15) is 47.4 Å². The summed E-state index contributed by atoms with van der Waals surface area (Å²) in [5.74, 6) is -0.462. The molecular weight excluding hydrogens is 492 g/mol. The molecule has 1 aliphatic rings. The molecule has 8 nitrogen and oxygen atoms in total. The number of unbranched alkanes of at least 4 members (excludes halogenated alkanes) is 1. The number of carboxylic acid groups (broad SMARTS) is 1. The van der Waals surface area contributed by atoms with Crippen molar-refractivity contribution < 1.29 is 19.5 Å². The first-order chi connectivity index (χ1) is 19.0. The third-order valence-electron chi connectivity index (χ3n) is 7.12. The van der Waals surface area contributed by atoms with E-state index in [9.17, 15) is 19.5 Å². The van der Waals surface area contributed by atoms with Gasteiger partial charge in [-0.15, -0.1) is 0 Å². The lowest BCUT2D eigenvalue weighted by Crippen LogP contribution is -2.48. The lowest BCUT2D eigenvalue weighted by molar-refractivity contribution is -0.124. The molecule has 1 heterocycles. The Morgan fingerprint density at radius 1 is 0.821 bits per heavy atom. The predicted octanol–water partition coefficient (Wildman–Crippen LogP) is 3.57. The fourth-order valence-electron chi connectivity index (χ4n) is 4.99. The molecule has 204 valence electrons. The summed E-state index contributed by atoms with van der Waals surface area (Å²) in [5.41, 5.74) is 4.54. The van der Waals surface area contributed by atoms with Gasteiger partial charge in [0.1, 0.15) is 6.04 Å². The number of carbonyl (C=O) groups is 3. The summed E-state index contributed by atoms with van der Waals surface area (Å²) in [7, 11) is 0. The number of hydrogen-bond acceptors (Lipinski definition) is 4. The molecule has 0 saturated heterocycles. The van der Waals surface area contributed by atoms with Gasteiger partial charge in [0.05, 0.1) is 6.04 Å². The number of hydrogen-bond donors (Lipinski definition) is 5. The molecule has 3 aromatic carbocycles. The lowest BCUT2D eigenvalue weighted by Gasteiger charge is -2.25. The van der Waals surface area contributed by atoms with Gasteiger partial charge in [0, 0.05) is 25.6 Å². The summed E-state index contributed by atoms with van der Waals surface area (Å²) in [6.45, 7) is 1.48. The molecule has 39 heavy (non-hydrogen) atoms. The van der Waals surface area contributed by atoms with E-state index in [1.807, 2.05) is 72.8 Å². The average Bonchev–Trinajstić information content (AvgIpc) is 2.97. The van der Waals surface area contributed by atoms with Crippen molar-refractivity contribution in [3.63, 3.8) is 0 Å². The Morgan fingerprint density at radius 3 is 2.08 bits per heavy atom. The van der Waals surface area contributed by atoms with E-state index in [-0.39, 0.29) is 23.8 Å². The number of fused-ring (bicyclic) bond motifs is 1. The second-order valence-electron chi connectivity index (χ2n) is 9.81. The Bertz CT molecular complexity index is 1200. The first kappa shape index (κ1) is 27.9. The van der Waals surface area contributed by atoms with Crippen molar-refractivity contribution in [2.24, 2.45) is 0 Å². The zero-order chi connectivity index (χ0) is 27.5. The van der Waals surface area contributed by atoms with E-state index in [0.717, 1.165) is 11.1 Å². The molecule has 0 fully saturated rings. The highest BCUT2D eigenvalue weighted by Gasteiger charge is 2.24. The minimum absolute atomic E-state index is 0.0460. The van der Waals surface area contributed by atoms with Crippen LogP contribution in [0.15, 0.2) is 84.9 Å². The maximum absolute atomic E-state index is 13.0. The number of rotatable bonds is 12. The SMILES string of the molecule is O=C(O)NC(CCCCNC(=O)C1Cc2ccccc2CN1)C(=O)NCC(c1ccccc1)c1ccccc1. The molecule has 0 aromatic heterocycles. The van der Waals surface area contributed by atoms with Gasteiger partial charge < -0.3 is 26.4 Å². The third kappa shape index (κ3) is 8.15. The van der Waals surface area contributed by atoms with E-state index in [2.05, 4.69) is 33.4 Å². The summed E-state index contributed by atoms with van der Waals surface area (Å²) >= 11 is 0. The van der Waals surface area contributed by atoms with E-state index >= 15 is 0 Å². The lowest BCUT2D eigenvalue weighted by atomic mass is 9.91. The first-order valence-corrected chi connectivity index (χ1v) is 13.5. The van der Waals surface area contributed by atoms with E-state index in [4.69, 9.17) is 0 Å². The van der Waals surface area contributed by atoms with Crippen LogP contribution in [0, 0.1) is 0 Å². The first-order valence-electron chi connectivity index (χ1n) is 13.5. The molecule has 8 heteroatoms. The monoisotopic (exact) mass is 528 g/mol. The number of benzene rings is 3. The van der Waals surface area contributed by atoms with Crippen LogP contribution >= 0.6 is 0 Å². The van der Waals surface area contributed by atoms with Crippen LogP contribution in [0.3, 0.4) is 0 Å². The van der Waals surface area contributed by atoms with Crippen LogP contribution in [-0.4, -0.2) is 48.2 Å². The fraction of sp³-hybridized carbons (Fsp3) is 0.323. The van der Waals surface area contributed by atoms with Gasteiger partial charge in [-0.05, 0) is 47.9 Å². The number of amides is 3. The van der Waals surface area contributed by atoms with Gasteiger partial charge in [-0.1, -0.05) is 84.9 Å². The summed E-state index contributed by atoms with van der Waals surface area (Å²) in [6, 6.07) is 26.8. The van der Waals surface area contributed by atoms with Gasteiger partial charge in [-0.25, -0.2) is 4.79 Å². The highest BCUT2D eigenvalue weighted by molar-refractivity contribution is 5.85. The molecule has 0 spiro atoms. The Labute approximate surface area is 229 Å². The van der Waals surface area contributed by atoms with Gasteiger partial charge >= 0.3 is 6.09 Å². The van der Waals surface area contributed by atoms with Crippen LogP contribution in [0.4, 0.5) is 4.79 Å². The zero-order valence-corrected chi connectivity index (χ0v) is 21.9. The molecule has 1 aliphatic heterocycles. The van der Waals surface area contributed by atoms with E-state index in [1.54, 1.807) is 0 Å². The molecule has 5 N–H and O–H groups in total. The number of carbonyl (C=O) groups excluding carboxylic acids is 2. The maximum Gasteiger partial charge on any atom is 0.405 e. The van der Waals surface area contributed by atoms with Crippen molar-refractivity contribution in [2.75, 3.05) is 13.1 Å². The maximum atomic E-state index is 13.0. The van der Waals surface area contributed by atoms with Gasteiger partial charge in [0.15, 0.2) is 0 Å². The molecular formula is C31H36N4O4. The molecule has 3 amide bonds. The van der Waals surface area contributed by atoms with Gasteiger partial charge in [0.2, 0.25) is 11.8 Å². The van der Waals surface area contributed by atoms with Crippen molar-refractivity contribution in [2.45, 2.75) is 50.2 Å². The predicted molar refractivity (Wildman–Crippen MR) is 150 cm³/mol. The minimum Gasteiger partial charge on any atom is -0.465 e. The van der Waals surface area contributed by atoms with E-state index < -0.39 is 12.1 Å². The van der Waals surface area contributed by atoms with Crippen molar-refractivity contribution in [3.8, 4) is 0 Å². The van der Waals surface area contributed by atoms with Crippen molar-refractivity contribution in [1.29, 1.82) is 0 Å². The quantitative estimate of drug-likeness (QED) is 0.230.